The summed E-state index contributed by atoms with van der Waals surface area (Å²) in [4.78, 5) is 24.2. The Morgan fingerprint density at radius 3 is 2.43 bits per heavy atom. The first-order chi connectivity index (χ1) is 9.92. The number of hydrogen-bond donors (Lipinski definition) is 3. The fourth-order valence-corrected chi connectivity index (χ4v) is 1.87. The third-order valence-corrected chi connectivity index (χ3v) is 3.29. The molecule has 0 bridgehead atoms. The Morgan fingerprint density at radius 2 is 1.90 bits per heavy atom. The third-order valence-electron chi connectivity index (χ3n) is 3.29. The summed E-state index contributed by atoms with van der Waals surface area (Å²) < 4.78 is 4.93. The number of carboxylic acid groups (broad SMARTS) is 1. The SMILES string of the molecule is COCCN(CCO)C(=O)NC(C)CCCC(C)C(=O)O. The lowest BCUT2D eigenvalue weighted by atomic mass is 10.0. The molecule has 0 aromatic carbocycles. The lowest BCUT2D eigenvalue weighted by molar-refractivity contribution is -0.141. The van der Waals surface area contributed by atoms with Gasteiger partial charge in [-0.3, -0.25) is 4.79 Å². The zero-order valence-electron chi connectivity index (χ0n) is 13.2. The molecule has 0 saturated carbocycles. The number of nitrogens with zero attached hydrogens (tertiary/aromatic N) is 1. The van der Waals surface area contributed by atoms with E-state index in [9.17, 15) is 9.59 Å². The van der Waals surface area contributed by atoms with Gasteiger partial charge in [0.15, 0.2) is 0 Å². The summed E-state index contributed by atoms with van der Waals surface area (Å²) in [5.41, 5.74) is 0. The summed E-state index contributed by atoms with van der Waals surface area (Å²) in [6, 6.07) is -0.276. The molecule has 0 aliphatic carbocycles. The van der Waals surface area contributed by atoms with Gasteiger partial charge in [0.2, 0.25) is 0 Å². The van der Waals surface area contributed by atoms with Gasteiger partial charge in [0.25, 0.3) is 0 Å². The zero-order chi connectivity index (χ0) is 16.3. The van der Waals surface area contributed by atoms with Gasteiger partial charge >= 0.3 is 12.0 Å². The van der Waals surface area contributed by atoms with Crippen LogP contribution in [0, 0.1) is 5.92 Å². The van der Waals surface area contributed by atoms with Crippen LogP contribution in [0.5, 0.6) is 0 Å². The molecule has 0 aliphatic heterocycles. The monoisotopic (exact) mass is 304 g/mol. The van der Waals surface area contributed by atoms with Gasteiger partial charge in [-0.2, -0.15) is 0 Å². The number of carbonyl (C=O) groups is 2. The van der Waals surface area contributed by atoms with Crippen molar-refractivity contribution in [3.05, 3.63) is 0 Å². The molecule has 7 nitrogen and oxygen atoms in total. The Labute approximate surface area is 126 Å². The van der Waals surface area contributed by atoms with E-state index in [1.165, 1.54) is 4.90 Å². The highest BCUT2D eigenvalue weighted by Gasteiger charge is 2.16. The van der Waals surface area contributed by atoms with Gasteiger partial charge in [0.05, 0.1) is 19.1 Å². The Balaban J connectivity index is 4.06. The second kappa shape index (κ2) is 11.3. The first-order valence-electron chi connectivity index (χ1n) is 7.30. The molecule has 124 valence electrons. The molecule has 7 heteroatoms. The quantitative estimate of drug-likeness (QED) is 0.527. The number of carbonyl (C=O) groups excluding carboxylic acids is 1. The predicted octanol–water partition coefficient (Wildman–Crippen LogP) is 0.916. The summed E-state index contributed by atoms with van der Waals surface area (Å²) in [7, 11) is 1.56. The molecule has 0 fully saturated rings. The fourth-order valence-electron chi connectivity index (χ4n) is 1.87. The van der Waals surface area contributed by atoms with Crippen molar-refractivity contribution in [2.45, 2.75) is 39.2 Å². The number of nitrogens with one attached hydrogen (secondary N) is 1. The lowest BCUT2D eigenvalue weighted by Gasteiger charge is -2.24. The number of amides is 2. The van der Waals surface area contributed by atoms with Gasteiger partial charge in [-0.25, -0.2) is 4.79 Å². The highest BCUT2D eigenvalue weighted by Crippen LogP contribution is 2.09. The maximum atomic E-state index is 12.0. The molecule has 3 N–H and O–H groups in total. The van der Waals surface area contributed by atoms with Crippen molar-refractivity contribution in [2.75, 3.05) is 33.4 Å². The van der Waals surface area contributed by atoms with Gasteiger partial charge in [0, 0.05) is 26.2 Å². The van der Waals surface area contributed by atoms with Crippen molar-refractivity contribution in [1.29, 1.82) is 0 Å². The van der Waals surface area contributed by atoms with Crippen LogP contribution in [0.3, 0.4) is 0 Å². The van der Waals surface area contributed by atoms with Crippen molar-refractivity contribution in [1.82, 2.24) is 10.2 Å². The highest BCUT2D eigenvalue weighted by molar-refractivity contribution is 5.74. The normalized spacial score (nSPS) is 13.5. The Bertz CT molecular complexity index is 312. The predicted molar refractivity (Wildman–Crippen MR) is 79.2 cm³/mol. The van der Waals surface area contributed by atoms with E-state index in [0.717, 1.165) is 12.8 Å². The van der Waals surface area contributed by atoms with Gasteiger partial charge < -0.3 is 25.2 Å². The van der Waals surface area contributed by atoms with E-state index in [-0.39, 0.29) is 31.1 Å². The summed E-state index contributed by atoms with van der Waals surface area (Å²) in [5, 5.41) is 20.6. The molecular weight excluding hydrogens is 276 g/mol. The first kappa shape index (κ1) is 19.7. The number of aliphatic carboxylic acids is 1. The molecule has 0 aromatic heterocycles. The van der Waals surface area contributed by atoms with Crippen LogP contribution in [0.1, 0.15) is 33.1 Å². The average molecular weight is 304 g/mol. The summed E-state index contributed by atoms with van der Waals surface area (Å²) in [5.74, 6) is -1.15. The van der Waals surface area contributed by atoms with Gasteiger partial charge in [-0.05, 0) is 19.8 Å². The van der Waals surface area contributed by atoms with Crippen LogP contribution in [0.2, 0.25) is 0 Å². The fraction of sp³-hybridized carbons (Fsp3) is 0.857. The number of hydrogen-bond acceptors (Lipinski definition) is 4. The maximum absolute atomic E-state index is 12.0. The molecule has 2 unspecified atom stereocenters. The van der Waals surface area contributed by atoms with E-state index in [1.54, 1.807) is 14.0 Å². The van der Waals surface area contributed by atoms with Gasteiger partial charge in [0.1, 0.15) is 0 Å². The van der Waals surface area contributed by atoms with Crippen molar-refractivity contribution in [3.63, 3.8) is 0 Å². The van der Waals surface area contributed by atoms with Crippen LogP contribution in [-0.2, 0) is 9.53 Å². The van der Waals surface area contributed by atoms with E-state index in [2.05, 4.69) is 5.32 Å². The van der Waals surface area contributed by atoms with Gasteiger partial charge in [-0.15, -0.1) is 0 Å². The topological polar surface area (TPSA) is 99.1 Å². The van der Waals surface area contributed by atoms with E-state index in [4.69, 9.17) is 14.9 Å². The second-order valence-corrected chi connectivity index (χ2v) is 5.22. The molecule has 0 aliphatic rings. The summed E-state index contributed by atoms with van der Waals surface area (Å²) >= 11 is 0. The molecular formula is C14H28N2O5. The van der Waals surface area contributed by atoms with Crippen LogP contribution < -0.4 is 5.32 Å². The number of ether oxygens (including phenoxy) is 1. The molecule has 0 radical (unpaired) electrons. The Hall–Kier alpha value is -1.34. The van der Waals surface area contributed by atoms with Crippen molar-refractivity contribution < 1.29 is 24.5 Å². The van der Waals surface area contributed by atoms with E-state index in [0.29, 0.717) is 19.6 Å². The highest BCUT2D eigenvalue weighted by atomic mass is 16.5. The number of urea groups is 1. The Morgan fingerprint density at radius 1 is 1.24 bits per heavy atom. The summed E-state index contributed by atoms with van der Waals surface area (Å²) in [6.07, 6.45) is 2.06. The number of rotatable bonds is 11. The lowest BCUT2D eigenvalue weighted by Crippen LogP contribution is -2.46. The van der Waals surface area contributed by atoms with Crippen LogP contribution >= 0.6 is 0 Å². The van der Waals surface area contributed by atoms with Crippen LogP contribution in [0.4, 0.5) is 4.79 Å². The molecule has 21 heavy (non-hydrogen) atoms. The number of methoxy groups -OCH3 is 1. The maximum Gasteiger partial charge on any atom is 0.317 e. The van der Waals surface area contributed by atoms with Crippen molar-refractivity contribution in [2.24, 2.45) is 5.92 Å². The second-order valence-electron chi connectivity index (χ2n) is 5.22. The largest absolute Gasteiger partial charge is 0.481 e. The summed E-state index contributed by atoms with van der Waals surface area (Å²) in [6.45, 7) is 4.57. The van der Waals surface area contributed by atoms with Crippen LogP contribution in [0.15, 0.2) is 0 Å². The van der Waals surface area contributed by atoms with Crippen molar-refractivity contribution >= 4 is 12.0 Å². The molecule has 0 spiro atoms. The molecule has 0 aromatic rings. The Kier molecular flexibility index (Phi) is 10.6. The van der Waals surface area contributed by atoms with E-state index >= 15 is 0 Å². The molecule has 0 heterocycles. The third kappa shape index (κ3) is 9.25. The minimum atomic E-state index is -0.791. The van der Waals surface area contributed by atoms with Crippen LogP contribution in [0.25, 0.3) is 0 Å². The molecule has 0 rings (SSSR count). The smallest absolute Gasteiger partial charge is 0.317 e. The molecule has 2 atom stereocenters. The zero-order valence-corrected chi connectivity index (χ0v) is 13.2. The minimum absolute atomic E-state index is 0.0396. The minimum Gasteiger partial charge on any atom is -0.481 e. The number of aliphatic hydroxyl groups is 1. The van der Waals surface area contributed by atoms with Gasteiger partial charge in [-0.1, -0.05) is 13.3 Å². The molecule has 0 saturated heterocycles. The number of aliphatic hydroxyl groups excluding tert-OH is 1. The van der Waals surface area contributed by atoms with E-state index < -0.39 is 5.97 Å². The van der Waals surface area contributed by atoms with Crippen LogP contribution in [-0.4, -0.2) is 66.6 Å². The molecule has 2 amide bonds. The first-order valence-corrected chi connectivity index (χ1v) is 7.30. The van der Waals surface area contributed by atoms with Crippen molar-refractivity contribution in [3.8, 4) is 0 Å². The van der Waals surface area contributed by atoms with E-state index in [1.807, 2.05) is 6.92 Å². The average Bonchev–Trinajstić information content (AvgIpc) is 2.42. The standard InChI is InChI=1S/C14H28N2O5/c1-11(13(18)19)5-4-6-12(2)15-14(20)16(7-9-17)8-10-21-3/h11-12,17H,4-10H2,1-3H3,(H,15,20)(H,18,19). The number of carboxylic acids is 1.